The van der Waals surface area contributed by atoms with Gasteiger partial charge < -0.3 is 4.74 Å². The second kappa shape index (κ2) is 9.00. The minimum Gasteiger partial charge on any atom is -0.439 e. The predicted molar refractivity (Wildman–Crippen MR) is 106 cm³/mol. The summed E-state index contributed by atoms with van der Waals surface area (Å²) in [6.45, 7) is 1.34. The molecule has 3 rings (SSSR count). The van der Waals surface area contributed by atoms with E-state index in [0.717, 1.165) is 30.3 Å². The van der Waals surface area contributed by atoms with Crippen LogP contribution < -0.4 is 4.74 Å². The molecule has 12 heteroatoms. The third-order valence-corrected chi connectivity index (χ3v) is 5.92. The molecule has 5 nitrogen and oxygen atoms in total. The molecule has 0 saturated heterocycles. The molecule has 176 valence electrons. The van der Waals surface area contributed by atoms with Crippen LogP contribution in [0.3, 0.4) is 0 Å². The molecule has 0 saturated carbocycles. The van der Waals surface area contributed by atoms with Crippen LogP contribution in [0.1, 0.15) is 29.3 Å². The Balaban J connectivity index is 2.01. The lowest BCUT2D eigenvalue weighted by molar-refractivity contribution is -0.138. The highest BCUT2D eigenvalue weighted by atomic mass is 32.2. The lowest BCUT2D eigenvalue weighted by atomic mass is 10.1. The van der Waals surface area contributed by atoms with Crippen molar-refractivity contribution in [3.8, 4) is 11.6 Å². The standard InChI is InChI=1S/C21H16F6N2O3S/c1-2-33(30,31)19-28-16(10-13-5-3-6-14(9-13)20(22,23)24)12-18(29-19)32-17-8-4-7-15(11-17)21(25,26)27/h3-9,11-12H,2,10H2,1H3. The van der Waals surface area contributed by atoms with Crippen molar-refractivity contribution in [2.45, 2.75) is 30.9 Å². The molecule has 0 aliphatic carbocycles. The van der Waals surface area contributed by atoms with Gasteiger partial charge in [-0.25, -0.2) is 13.4 Å². The van der Waals surface area contributed by atoms with E-state index < -0.39 is 38.5 Å². The number of alkyl halides is 6. The highest BCUT2D eigenvalue weighted by Crippen LogP contribution is 2.33. The summed E-state index contributed by atoms with van der Waals surface area (Å²) in [5, 5.41) is -0.642. The van der Waals surface area contributed by atoms with Gasteiger partial charge in [0.05, 0.1) is 22.6 Å². The molecule has 0 spiro atoms. The van der Waals surface area contributed by atoms with Crippen molar-refractivity contribution >= 4 is 9.84 Å². The number of rotatable bonds is 6. The van der Waals surface area contributed by atoms with Crippen LogP contribution >= 0.6 is 0 Å². The monoisotopic (exact) mass is 490 g/mol. The molecular weight excluding hydrogens is 474 g/mol. The summed E-state index contributed by atoms with van der Waals surface area (Å²) >= 11 is 0. The fourth-order valence-corrected chi connectivity index (χ4v) is 3.53. The zero-order valence-electron chi connectivity index (χ0n) is 16.9. The topological polar surface area (TPSA) is 69.2 Å². The van der Waals surface area contributed by atoms with Crippen molar-refractivity contribution in [2.24, 2.45) is 0 Å². The van der Waals surface area contributed by atoms with E-state index in [1.165, 1.54) is 25.1 Å². The maximum atomic E-state index is 13.0. The van der Waals surface area contributed by atoms with Gasteiger partial charge in [-0.2, -0.15) is 31.3 Å². The number of hydrogen-bond acceptors (Lipinski definition) is 5. The minimum absolute atomic E-state index is 0.0123. The van der Waals surface area contributed by atoms with E-state index >= 15 is 0 Å². The predicted octanol–water partition coefficient (Wildman–Crippen LogP) is 5.69. The minimum atomic E-state index is -4.63. The molecular formula is C21H16F6N2O3S. The molecule has 0 radical (unpaired) electrons. The Bertz CT molecular complexity index is 1180. The van der Waals surface area contributed by atoms with Gasteiger partial charge in [0.2, 0.25) is 15.7 Å². The second-order valence-electron chi connectivity index (χ2n) is 6.89. The number of halogens is 6. The third kappa shape index (κ3) is 6.21. The van der Waals surface area contributed by atoms with Gasteiger partial charge in [0.15, 0.2) is 0 Å². The zero-order valence-corrected chi connectivity index (χ0v) is 17.7. The molecule has 0 N–H and O–H groups in total. The number of sulfone groups is 1. The largest absolute Gasteiger partial charge is 0.439 e. The van der Waals surface area contributed by atoms with Gasteiger partial charge in [-0.1, -0.05) is 31.2 Å². The number of aromatic nitrogens is 2. The summed E-state index contributed by atoms with van der Waals surface area (Å²) in [6, 6.07) is 9.41. The second-order valence-corrected chi connectivity index (χ2v) is 9.06. The molecule has 0 atom stereocenters. The summed E-state index contributed by atoms with van der Waals surface area (Å²) < 4.78 is 108. The first-order chi connectivity index (χ1) is 15.3. The average molecular weight is 490 g/mol. The summed E-state index contributed by atoms with van der Waals surface area (Å²) in [5.41, 5.74) is -1.68. The van der Waals surface area contributed by atoms with E-state index in [1.54, 1.807) is 0 Å². The molecule has 2 aromatic carbocycles. The number of hydrogen-bond donors (Lipinski definition) is 0. The van der Waals surface area contributed by atoms with Gasteiger partial charge in [-0.05, 0) is 29.8 Å². The summed E-state index contributed by atoms with van der Waals surface area (Å²) in [5.74, 6) is -0.991. The van der Waals surface area contributed by atoms with Crippen LogP contribution in [-0.2, 0) is 28.6 Å². The zero-order chi connectivity index (χ0) is 24.4. The van der Waals surface area contributed by atoms with Crippen molar-refractivity contribution in [1.82, 2.24) is 9.97 Å². The van der Waals surface area contributed by atoms with E-state index in [-0.39, 0.29) is 35.1 Å². The summed E-state index contributed by atoms with van der Waals surface area (Å²) in [6.07, 6.45) is -9.40. The van der Waals surface area contributed by atoms with Gasteiger partial charge in [0, 0.05) is 12.5 Å². The molecule has 3 aromatic rings. The quantitative estimate of drug-likeness (QED) is 0.328. The number of ether oxygens (including phenoxy) is 1. The first kappa shape index (κ1) is 24.5. The van der Waals surface area contributed by atoms with Crippen molar-refractivity contribution in [3.05, 3.63) is 77.0 Å². The lowest BCUT2D eigenvalue weighted by Gasteiger charge is -2.12. The Morgan fingerprint density at radius 3 is 2.06 bits per heavy atom. The van der Waals surface area contributed by atoms with Gasteiger partial charge in [0.1, 0.15) is 5.75 Å². The molecule has 0 amide bonds. The Kier molecular flexibility index (Phi) is 6.68. The first-order valence-corrected chi connectivity index (χ1v) is 11.0. The number of nitrogens with zero attached hydrogens (tertiary/aromatic N) is 2. The van der Waals surface area contributed by atoms with Gasteiger partial charge in [0.25, 0.3) is 5.16 Å². The smallest absolute Gasteiger partial charge is 0.416 e. The van der Waals surface area contributed by atoms with Crippen LogP contribution in [0.4, 0.5) is 26.3 Å². The maximum Gasteiger partial charge on any atom is 0.416 e. The third-order valence-electron chi connectivity index (χ3n) is 4.42. The van der Waals surface area contributed by atoms with Crippen molar-refractivity contribution in [3.63, 3.8) is 0 Å². The molecule has 0 unspecified atom stereocenters. The Morgan fingerprint density at radius 2 is 1.45 bits per heavy atom. The van der Waals surface area contributed by atoms with Crippen LogP contribution in [0.5, 0.6) is 11.6 Å². The highest BCUT2D eigenvalue weighted by molar-refractivity contribution is 7.91. The van der Waals surface area contributed by atoms with E-state index in [0.29, 0.717) is 6.07 Å². The molecule has 0 aliphatic rings. The molecule has 0 aliphatic heterocycles. The first-order valence-electron chi connectivity index (χ1n) is 9.40. The van der Waals surface area contributed by atoms with Crippen molar-refractivity contribution in [2.75, 3.05) is 5.75 Å². The van der Waals surface area contributed by atoms with E-state index in [2.05, 4.69) is 9.97 Å². The van der Waals surface area contributed by atoms with Crippen LogP contribution in [0.2, 0.25) is 0 Å². The molecule has 1 aromatic heterocycles. The fraction of sp³-hybridized carbons (Fsp3) is 0.238. The van der Waals surface area contributed by atoms with Gasteiger partial charge in [-0.15, -0.1) is 0 Å². The van der Waals surface area contributed by atoms with Gasteiger partial charge in [-0.3, -0.25) is 0 Å². The van der Waals surface area contributed by atoms with E-state index in [1.807, 2.05) is 0 Å². The molecule has 33 heavy (non-hydrogen) atoms. The molecule has 0 bridgehead atoms. The SMILES string of the molecule is CCS(=O)(=O)c1nc(Cc2cccc(C(F)(F)F)c2)cc(Oc2cccc(C(F)(F)F)c2)n1. The highest BCUT2D eigenvalue weighted by Gasteiger charge is 2.31. The average Bonchev–Trinajstić information content (AvgIpc) is 2.73. The summed E-state index contributed by atoms with van der Waals surface area (Å²) in [7, 11) is -3.95. The molecule has 0 fully saturated rings. The van der Waals surface area contributed by atoms with Crippen LogP contribution in [0.15, 0.2) is 59.8 Å². The lowest BCUT2D eigenvalue weighted by Crippen LogP contribution is -2.12. The Morgan fingerprint density at radius 1 is 0.848 bits per heavy atom. The fourth-order valence-electron chi connectivity index (χ4n) is 2.78. The van der Waals surface area contributed by atoms with E-state index in [9.17, 15) is 34.8 Å². The summed E-state index contributed by atoms with van der Waals surface area (Å²) in [4.78, 5) is 7.70. The molecule has 1 heterocycles. The van der Waals surface area contributed by atoms with Crippen LogP contribution in [0.25, 0.3) is 0 Å². The Labute approximate surface area is 185 Å². The maximum absolute atomic E-state index is 13.0. The van der Waals surface area contributed by atoms with E-state index in [4.69, 9.17) is 4.74 Å². The normalized spacial score (nSPS) is 12.6. The Hall–Kier alpha value is -3.15. The van der Waals surface area contributed by atoms with Gasteiger partial charge >= 0.3 is 12.4 Å². The number of benzene rings is 2. The van der Waals surface area contributed by atoms with Crippen LogP contribution in [0, 0.1) is 0 Å². The van der Waals surface area contributed by atoms with Crippen molar-refractivity contribution < 1.29 is 39.5 Å². The van der Waals surface area contributed by atoms with Crippen molar-refractivity contribution in [1.29, 1.82) is 0 Å². The van der Waals surface area contributed by atoms with Crippen LogP contribution in [-0.4, -0.2) is 24.1 Å².